The van der Waals surface area contributed by atoms with E-state index in [4.69, 9.17) is 30.5 Å². The van der Waals surface area contributed by atoms with Crippen molar-refractivity contribution >= 4 is 28.5 Å². The number of hydrogen-bond acceptors (Lipinski definition) is 7. The quantitative estimate of drug-likeness (QED) is 0.355. The van der Waals surface area contributed by atoms with E-state index in [0.717, 1.165) is 0 Å². The highest BCUT2D eigenvalue weighted by atomic mass is 35.5. The van der Waals surface area contributed by atoms with Gasteiger partial charge in [-0.25, -0.2) is 4.79 Å². The number of nitrogens with zero attached hydrogens (tertiary/aromatic N) is 2. The van der Waals surface area contributed by atoms with Gasteiger partial charge in [0.2, 0.25) is 5.75 Å². The van der Waals surface area contributed by atoms with E-state index in [9.17, 15) is 9.59 Å². The summed E-state index contributed by atoms with van der Waals surface area (Å²) in [6.45, 7) is 1.70. The first kappa shape index (κ1) is 24.1. The van der Waals surface area contributed by atoms with Crippen LogP contribution in [0.2, 0.25) is 5.02 Å². The Balaban J connectivity index is 2.12. The summed E-state index contributed by atoms with van der Waals surface area (Å²) in [6, 6.07) is 11.9. The zero-order valence-corrected chi connectivity index (χ0v) is 20.6. The van der Waals surface area contributed by atoms with Crippen molar-refractivity contribution < 1.29 is 23.7 Å². The highest BCUT2D eigenvalue weighted by Crippen LogP contribution is 2.39. The molecule has 0 spiro atoms. The molecule has 4 rings (SSSR count). The number of rotatable bonds is 6. The van der Waals surface area contributed by atoms with Gasteiger partial charge < -0.3 is 18.9 Å². The molecule has 2 aromatic heterocycles. The number of benzene rings is 2. The highest BCUT2D eigenvalue weighted by molar-refractivity contribution is 6.30. The molecule has 35 heavy (non-hydrogen) atoms. The van der Waals surface area contributed by atoms with Crippen molar-refractivity contribution in [3.63, 3.8) is 0 Å². The number of aryl methyl sites for hydroxylation is 1. The Morgan fingerprint density at radius 1 is 0.943 bits per heavy atom. The number of fused-ring (bicyclic) bond motifs is 1. The fraction of sp³-hybridized carbons (Fsp3) is 0.192. The van der Waals surface area contributed by atoms with Crippen molar-refractivity contribution in [2.75, 3.05) is 28.4 Å². The zero-order chi connectivity index (χ0) is 25.3. The lowest BCUT2D eigenvalue weighted by molar-refractivity contribution is 0.0600. The lowest BCUT2D eigenvalue weighted by Gasteiger charge is -2.17. The monoisotopic (exact) mass is 494 g/mol. The van der Waals surface area contributed by atoms with Crippen LogP contribution in [0.4, 0.5) is 0 Å². The third-order valence-electron chi connectivity index (χ3n) is 5.67. The second kappa shape index (κ2) is 9.68. The van der Waals surface area contributed by atoms with Gasteiger partial charge in [0.15, 0.2) is 11.5 Å². The van der Waals surface area contributed by atoms with E-state index >= 15 is 0 Å². The molecule has 0 N–H and O–H groups in total. The van der Waals surface area contributed by atoms with Crippen LogP contribution < -0.4 is 19.8 Å². The average Bonchev–Trinajstić information content (AvgIpc) is 2.87. The van der Waals surface area contributed by atoms with Gasteiger partial charge in [0, 0.05) is 28.9 Å². The molecule has 9 heteroatoms. The lowest BCUT2D eigenvalue weighted by atomic mass is 9.95. The first-order valence-corrected chi connectivity index (χ1v) is 10.9. The molecule has 0 bridgehead atoms. The number of aromatic nitrogens is 2. The van der Waals surface area contributed by atoms with Crippen LogP contribution in [0.1, 0.15) is 16.1 Å². The van der Waals surface area contributed by atoms with Gasteiger partial charge in [-0.3, -0.25) is 14.3 Å². The third kappa shape index (κ3) is 4.17. The Hall–Kier alpha value is -4.04. The van der Waals surface area contributed by atoms with Crippen molar-refractivity contribution in [1.29, 1.82) is 0 Å². The molecule has 0 amide bonds. The Bertz CT molecular complexity index is 1470. The molecule has 2 heterocycles. The second-order valence-corrected chi connectivity index (χ2v) is 8.02. The summed E-state index contributed by atoms with van der Waals surface area (Å²) in [4.78, 5) is 31.3. The van der Waals surface area contributed by atoms with E-state index in [1.54, 1.807) is 55.6 Å². The molecule has 4 aromatic rings. The number of pyridine rings is 2. The molecule has 0 atom stereocenters. The van der Waals surface area contributed by atoms with E-state index in [1.165, 1.54) is 33.0 Å². The number of carbonyl (C=O) groups excluding carboxylic acids is 1. The number of esters is 1. The largest absolute Gasteiger partial charge is 0.493 e. The van der Waals surface area contributed by atoms with Gasteiger partial charge in [-0.05, 0) is 30.7 Å². The third-order valence-corrected chi connectivity index (χ3v) is 5.92. The Morgan fingerprint density at radius 3 is 2.11 bits per heavy atom. The molecule has 8 nitrogen and oxygen atoms in total. The van der Waals surface area contributed by atoms with Crippen molar-refractivity contribution in [2.45, 2.75) is 6.92 Å². The predicted octanol–water partition coefficient (Wildman–Crippen LogP) is 4.83. The average molecular weight is 495 g/mol. The second-order valence-electron chi connectivity index (χ2n) is 7.58. The van der Waals surface area contributed by atoms with Gasteiger partial charge in [-0.2, -0.15) is 0 Å². The molecule has 0 aliphatic heterocycles. The summed E-state index contributed by atoms with van der Waals surface area (Å²) < 4.78 is 22.8. The first-order valence-electron chi connectivity index (χ1n) is 10.5. The van der Waals surface area contributed by atoms with Crippen molar-refractivity contribution in [1.82, 2.24) is 9.55 Å². The van der Waals surface area contributed by atoms with Crippen LogP contribution in [-0.2, 0) is 4.74 Å². The highest BCUT2D eigenvalue weighted by Gasteiger charge is 2.24. The lowest BCUT2D eigenvalue weighted by Crippen LogP contribution is -2.21. The predicted molar refractivity (Wildman–Crippen MR) is 134 cm³/mol. The molecule has 0 saturated heterocycles. The topological polar surface area (TPSA) is 88.9 Å². The molecule has 0 unspecified atom stereocenters. The van der Waals surface area contributed by atoms with Crippen molar-refractivity contribution in [3.05, 3.63) is 75.3 Å². The number of methoxy groups -OCH3 is 4. The van der Waals surface area contributed by atoms with Crippen LogP contribution in [0.5, 0.6) is 17.2 Å². The fourth-order valence-electron chi connectivity index (χ4n) is 4.06. The van der Waals surface area contributed by atoms with Crippen LogP contribution in [0.25, 0.3) is 27.7 Å². The normalized spacial score (nSPS) is 10.8. The van der Waals surface area contributed by atoms with Crippen LogP contribution >= 0.6 is 11.6 Å². The SMILES string of the molecule is COC(=O)c1c(C)nc2ccn(-c3cc(OC)c(OC)c(OC)c3)c(=O)c2c1-c1ccc(Cl)cc1. The summed E-state index contributed by atoms with van der Waals surface area (Å²) in [5.74, 6) is 0.595. The molecule has 2 aromatic carbocycles. The molecular weight excluding hydrogens is 472 g/mol. The number of hydrogen-bond donors (Lipinski definition) is 0. The van der Waals surface area contributed by atoms with E-state index in [-0.39, 0.29) is 16.5 Å². The van der Waals surface area contributed by atoms with Gasteiger partial charge in [0.05, 0.1) is 56.3 Å². The molecule has 180 valence electrons. The summed E-state index contributed by atoms with van der Waals surface area (Å²) in [7, 11) is 5.79. The number of carbonyl (C=O) groups is 1. The molecule has 0 aliphatic carbocycles. The summed E-state index contributed by atoms with van der Waals surface area (Å²) >= 11 is 6.09. The number of halogens is 1. The molecule has 0 fully saturated rings. The van der Waals surface area contributed by atoms with Gasteiger partial charge in [-0.15, -0.1) is 0 Å². The minimum absolute atomic E-state index is 0.210. The van der Waals surface area contributed by atoms with Crippen molar-refractivity contribution in [2.24, 2.45) is 0 Å². The Morgan fingerprint density at radius 2 is 1.57 bits per heavy atom. The van der Waals surface area contributed by atoms with Crippen LogP contribution in [0.3, 0.4) is 0 Å². The van der Waals surface area contributed by atoms with Crippen LogP contribution in [-0.4, -0.2) is 44.0 Å². The zero-order valence-electron chi connectivity index (χ0n) is 19.8. The molecule has 0 saturated carbocycles. The maximum Gasteiger partial charge on any atom is 0.340 e. The van der Waals surface area contributed by atoms with E-state index in [0.29, 0.717) is 50.3 Å². The summed E-state index contributed by atoms with van der Waals surface area (Å²) in [5.41, 5.74) is 2.23. The van der Waals surface area contributed by atoms with Crippen LogP contribution in [0, 0.1) is 6.92 Å². The molecule has 0 radical (unpaired) electrons. The Labute approximate surface area is 206 Å². The Kier molecular flexibility index (Phi) is 6.66. The fourth-order valence-corrected chi connectivity index (χ4v) is 4.19. The summed E-state index contributed by atoms with van der Waals surface area (Å²) in [6.07, 6.45) is 1.61. The van der Waals surface area contributed by atoms with E-state index in [2.05, 4.69) is 4.98 Å². The molecular formula is C26H23ClN2O6. The van der Waals surface area contributed by atoms with Gasteiger partial charge in [0.1, 0.15) is 0 Å². The van der Waals surface area contributed by atoms with Gasteiger partial charge in [0.25, 0.3) is 5.56 Å². The van der Waals surface area contributed by atoms with Gasteiger partial charge in [-0.1, -0.05) is 23.7 Å². The van der Waals surface area contributed by atoms with E-state index < -0.39 is 5.97 Å². The van der Waals surface area contributed by atoms with Gasteiger partial charge >= 0.3 is 5.97 Å². The van der Waals surface area contributed by atoms with Crippen LogP contribution in [0.15, 0.2) is 53.5 Å². The minimum Gasteiger partial charge on any atom is -0.493 e. The smallest absolute Gasteiger partial charge is 0.340 e. The summed E-state index contributed by atoms with van der Waals surface area (Å²) in [5, 5.41) is 0.785. The standard InChI is InChI=1S/C26H23ClN2O6/c1-14-21(26(31)35-5)22(15-6-8-16(27)9-7-15)23-18(28-14)10-11-29(25(23)30)17-12-19(32-2)24(34-4)20(13-17)33-3/h6-13H,1-5H3. The van der Waals surface area contributed by atoms with E-state index in [1.807, 2.05) is 0 Å². The maximum absolute atomic E-state index is 14.0. The maximum atomic E-state index is 14.0. The minimum atomic E-state index is -0.593. The first-order chi connectivity index (χ1) is 16.8. The van der Waals surface area contributed by atoms with Crippen molar-refractivity contribution in [3.8, 4) is 34.1 Å². The molecule has 0 aliphatic rings. The number of ether oxygens (including phenoxy) is 4.